The van der Waals surface area contributed by atoms with Crippen LogP contribution in [0.4, 0.5) is 5.69 Å². The molecule has 0 radical (unpaired) electrons. The van der Waals surface area contributed by atoms with E-state index in [0.29, 0.717) is 6.54 Å². The number of nitrogens with zero attached hydrogens (tertiary/aromatic N) is 2. The lowest BCUT2D eigenvalue weighted by atomic mass is 10.2. The molecule has 0 aliphatic rings. The molecule has 0 saturated carbocycles. The Morgan fingerprint density at radius 2 is 1.94 bits per heavy atom. The topological polar surface area (TPSA) is 33.2 Å². The highest BCUT2D eigenvalue weighted by molar-refractivity contribution is 5.91. The number of aryl methyl sites for hydroxylation is 1. The van der Waals surface area contributed by atoms with Crippen LogP contribution in [0.3, 0.4) is 0 Å². The van der Waals surface area contributed by atoms with Gasteiger partial charge in [-0.05, 0) is 30.7 Å². The summed E-state index contributed by atoms with van der Waals surface area (Å²) in [7, 11) is 0. The van der Waals surface area contributed by atoms with E-state index in [0.717, 1.165) is 11.3 Å². The summed E-state index contributed by atoms with van der Waals surface area (Å²) < 4.78 is 0. The largest absolute Gasteiger partial charge is 0.308 e. The zero-order valence-electron chi connectivity index (χ0n) is 10.6. The van der Waals surface area contributed by atoms with Crippen LogP contribution < -0.4 is 4.90 Å². The maximum Gasteiger partial charge on any atom is 0.224 e. The average molecular weight is 240 g/mol. The fourth-order valence-corrected chi connectivity index (χ4v) is 1.78. The number of hydrogen-bond donors (Lipinski definition) is 0. The van der Waals surface area contributed by atoms with Crippen molar-refractivity contribution in [3.63, 3.8) is 0 Å². The highest BCUT2D eigenvalue weighted by Crippen LogP contribution is 2.17. The highest BCUT2D eigenvalue weighted by Gasteiger charge is 2.11. The van der Waals surface area contributed by atoms with Crippen LogP contribution in [-0.4, -0.2) is 10.9 Å². The standard InChI is InChI=1S/C15H16N2O/c1-12-5-7-15(8-6-12)17(13(2)18)11-14-4-3-9-16-10-14/h3-10H,11H2,1-2H3. The zero-order valence-corrected chi connectivity index (χ0v) is 10.6. The van der Waals surface area contributed by atoms with Gasteiger partial charge in [-0.15, -0.1) is 0 Å². The van der Waals surface area contributed by atoms with E-state index in [9.17, 15) is 4.79 Å². The molecule has 1 aromatic carbocycles. The Kier molecular flexibility index (Phi) is 3.72. The van der Waals surface area contributed by atoms with Crippen LogP contribution in [0.15, 0.2) is 48.8 Å². The number of aromatic nitrogens is 1. The van der Waals surface area contributed by atoms with Gasteiger partial charge in [-0.1, -0.05) is 23.8 Å². The van der Waals surface area contributed by atoms with Crippen LogP contribution >= 0.6 is 0 Å². The Hall–Kier alpha value is -2.16. The monoisotopic (exact) mass is 240 g/mol. The highest BCUT2D eigenvalue weighted by atomic mass is 16.2. The third-order valence-corrected chi connectivity index (χ3v) is 2.79. The molecule has 0 N–H and O–H groups in total. The van der Waals surface area contributed by atoms with Gasteiger partial charge in [0.05, 0.1) is 6.54 Å². The normalized spacial score (nSPS) is 10.1. The fourth-order valence-electron chi connectivity index (χ4n) is 1.78. The molecule has 1 heterocycles. The summed E-state index contributed by atoms with van der Waals surface area (Å²) in [5.41, 5.74) is 3.12. The van der Waals surface area contributed by atoms with E-state index >= 15 is 0 Å². The maximum absolute atomic E-state index is 11.7. The van der Waals surface area contributed by atoms with E-state index in [1.54, 1.807) is 24.2 Å². The van der Waals surface area contributed by atoms with Crippen LogP contribution in [0.5, 0.6) is 0 Å². The molecule has 0 atom stereocenters. The smallest absolute Gasteiger partial charge is 0.224 e. The molecular formula is C15H16N2O. The van der Waals surface area contributed by atoms with E-state index in [1.807, 2.05) is 43.3 Å². The minimum absolute atomic E-state index is 0.0303. The molecular weight excluding hydrogens is 224 g/mol. The first kappa shape index (κ1) is 12.3. The van der Waals surface area contributed by atoms with Crippen molar-refractivity contribution in [2.45, 2.75) is 20.4 Å². The lowest BCUT2D eigenvalue weighted by Crippen LogP contribution is -2.27. The molecule has 1 amide bonds. The SMILES string of the molecule is CC(=O)N(Cc1cccnc1)c1ccc(C)cc1. The minimum atomic E-state index is 0.0303. The number of rotatable bonds is 3. The number of pyridine rings is 1. The molecule has 0 unspecified atom stereocenters. The van der Waals surface area contributed by atoms with Crippen molar-refractivity contribution < 1.29 is 4.79 Å². The molecule has 18 heavy (non-hydrogen) atoms. The molecule has 0 bridgehead atoms. The third kappa shape index (κ3) is 2.94. The number of carbonyl (C=O) groups excluding carboxylic acids is 1. The van der Waals surface area contributed by atoms with E-state index in [4.69, 9.17) is 0 Å². The molecule has 0 aliphatic heterocycles. The van der Waals surface area contributed by atoms with Gasteiger partial charge in [-0.3, -0.25) is 9.78 Å². The lowest BCUT2D eigenvalue weighted by Gasteiger charge is -2.21. The van der Waals surface area contributed by atoms with E-state index in [2.05, 4.69) is 4.98 Å². The second-order valence-electron chi connectivity index (χ2n) is 4.30. The van der Waals surface area contributed by atoms with Crippen molar-refractivity contribution in [2.75, 3.05) is 4.90 Å². The lowest BCUT2D eigenvalue weighted by molar-refractivity contribution is -0.116. The minimum Gasteiger partial charge on any atom is -0.308 e. The fraction of sp³-hybridized carbons (Fsp3) is 0.200. The maximum atomic E-state index is 11.7. The summed E-state index contributed by atoms with van der Waals surface area (Å²) in [5.74, 6) is 0.0303. The first-order chi connectivity index (χ1) is 8.66. The number of carbonyl (C=O) groups is 1. The van der Waals surface area contributed by atoms with Gasteiger partial charge in [-0.25, -0.2) is 0 Å². The first-order valence-electron chi connectivity index (χ1n) is 5.90. The van der Waals surface area contributed by atoms with Crippen LogP contribution in [0, 0.1) is 6.92 Å². The molecule has 0 fully saturated rings. The number of amides is 1. The van der Waals surface area contributed by atoms with Crippen molar-refractivity contribution in [1.82, 2.24) is 4.98 Å². The molecule has 0 aliphatic carbocycles. The Balaban J connectivity index is 2.24. The molecule has 0 saturated heterocycles. The summed E-state index contributed by atoms with van der Waals surface area (Å²) in [6.45, 7) is 4.16. The van der Waals surface area contributed by atoms with Gasteiger partial charge in [0.15, 0.2) is 0 Å². The van der Waals surface area contributed by atoms with Gasteiger partial charge in [0.25, 0.3) is 0 Å². The van der Waals surface area contributed by atoms with Gasteiger partial charge < -0.3 is 4.90 Å². The van der Waals surface area contributed by atoms with Gasteiger partial charge in [0, 0.05) is 25.0 Å². The first-order valence-corrected chi connectivity index (χ1v) is 5.90. The second kappa shape index (κ2) is 5.45. The van der Waals surface area contributed by atoms with Gasteiger partial charge >= 0.3 is 0 Å². The van der Waals surface area contributed by atoms with Crippen LogP contribution in [0.25, 0.3) is 0 Å². The molecule has 1 aromatic heterocycles. The molecule has 92 valence electrons. The summed E-state index contributed by atoms with van der Waals surface area (Å²) in [6, 6.07) is 11.8. The van der Waals surface area contributed by atoms with Crippen molar-refractivity contribution in [1.29, 1.82) is 0 Å². The quantitative estimate of drug-likeness (QED) is 0.826. The zero-order chi connectivity index (χ0) is 13.0. The average Bonchev–Trinajstić information content (AvgIpc) is 2.38. The Bertz CT molecular complexity index is 520. The van der Waals surface area contributed by atoms with Gasteiger partial charge in [0.2, 0.25) is 5.91 Å². The molecule has 2 aromatic rings. The Morgan fingerprint density at radius 3 is 2.50 bits per heavy atom. The second-order valence-corrected chi connectivity index (χ2v) is 4.30. The van der Waals surface area contributed by atoms with Crippen molar-refractivity contribution in [2.24, 2.45) is 0 Å². The predicted octanol–water partition coefficient (Wildman–Crippen LogP) is 2.94. The number of anilines is 1. The third-order valence-electron chi connectivity index (χ3n) is 2.79. The predicted molar refractivity (Wildman–Crippen MR) is 72.3 cm³/mol. The van der Waals surface area contributed by atoms with Crippen LogP contribution in [0.1, 0.15) is 18.1 Å². The Morgan fingerprint density at radius 1 is 1.22 bits per heavy atom. The molecule has 2 rings (SSSR count). The van der Waals surface area contributed by atoms with Crippen molar-refractivity contribution in [3.05, 3.63) is 59.9 Å². The van der Waals surface area contributed by atoms with E-state index in [-0.39, 0.29) is 5.91 Å². The molecule has 3 nitrogen and oxygen atoms in total. The van der Waals surface area contributed by atoms with Crippen molar-refractivity contribution in [3.8, 4) is 0 Å². The summed E-state index contributed by atoms with van der Waals surface area (Å²) in [4.78, 5) is 17.6. The van der Waals surface area contributed by atoms with E-state index in [1.165, 1.54) is 5.56 Å². The number of benzene rings is 1. The van der Waals surface area contributed by atoms with Crippen LogP contribution in [-0.2, 0) is 11.3 Å². The summed E-state index contributed by atoms with van der Waals surface area (Å²) >= 11 is 0. The summed E-state index contributed by atoms with van der Waals surface area (Å²) in [5, 5.41) is 0. The van der Waals surface area contributed by atoms with E-state index < -0.39 is 0 Å². The van der Waals surface area contributed by atoms with Crippen molar-refractivity contribution >= 4 is 11.6 Å². The van der Waals surface area contributed by atoms with Gasteiger partial charge in [-0.2, -0.15) is 0 Å². The molecule has 0 spiro atoms. The van der Waals surface area contributed by atoms with Crippen LogP contribution in [0.2, 0.25) is 0 Å². The Labute approximate surface area is 107 Å². The molecule has 3 heteroatoms. The number of hydrogen-bond acceptors (Lipinski definition) is 2. The summed E-state index contributed by atoms with van der Waals surface area (Å²) in [6.07, 6.45) is 3.51. The van der Waals surface area contributed by atoms with Gasteiger partial charge in [0.1, 0.15) is 0 Å².